The average Bonchev–Trinajstić information content (AvgIpc) is 1.88. The summed E-state index contributed by atoms with van der Waals surface area (Å²) in [6.07, 6.45) is 1.69. The second-order valence-electron chi connectivity index (χ2n) is 1.60. The van der Waals surface area contributed by atoms with E-state index in [9.17, 15) is 0 Å². The number of aromatic nitrogens is 2. The van der Waals surface area contributed by atoms with Crippen LogP contribution >= 0.6 is 11.9 Å². The van der Waals surface area contributed by atoms with E-state index in [1.165, 1.54) is 0 Å². The maximum Gasteiger partial charge on any atom is 0.202 e. The molecule has 0 atom stereocenters. The van der Waals surface area contributed by atoms with Gasteiger partial charge in [0.1, 0.15) is 0 Å². The minimum absolute atomic E-state index is 0.620. The molecule has 0 aromatic carbocycles. The predicted octanol–water partition coefficient (Wildman–Crippen LogP) is 0.751. The smallest absolute Gasteiger partial charge is 0.202 e. The van der Waals surface area contributed by atoms with Gasteiger partial charge in [-0.2, -0.15) is 0 Å². The largest absolute Gasteiger partial charge is 0.271 e. The molecule has 2 N–H and O–H groups in total. The maximum absolute atomic E-state index is 5.21. The van der Waals surface area contributed by atoms with Gasteiger partial charge in [-0.05, 0) is 24.9 Å². The van der Waals surface area contributed by atoms with E-state index >= 15 is 0 Å². The van der Waals surface area contributed by atoms with E-state index in [4.69, 9.17) is 5.14 Å². The van der Waals surface area contributed by atoms with Crippen molar-refractivity contribution in [1.82, 2.24) is 9.97 Å². The summed E-state index contributed by atoms with van der Waals surface area (Å²) >= 11 is 1.06. The van der Waals surface area contributed by atoms with Crippen LogP contribution in [0.5, 0.6) is 0 Å². The summed E-state index contributed by atoms with van der Waals surface area (Å²) in [5.74, 6) is 0. The van der Waals surface area contributed by atoms with Crippen molar-refractivity contribution in [3.63, 3.8) is 0 Å². The van der Waals surface area contributed by atoms with E-state index in [-0.39, 0.29) is 0 Å². The summed E-state index contributed by atoms with van der Waals surface area (Å²) in [5, 5.41) is 5.83. The van der Waals surface area contributed by atoms with Crippen LogP contribution in [0.25, 0.3) is 0 Å². The van der Waals surface area contributed by atoms with Gasteiger partial charge in [0.2, 0.25) is 5.16 Å². The van der Waals surface area contributed by atoms with E-state index < -0.39 is 0 Å². The lowest BCUT2D eigenvalue weighted by atomic mass is 10.5. The Morgan fingerprint density at radius 3 is 2.89 bits per heavy atom. The van der Waals surface area contributed by atoms with Crippen LogP contribution in [-0.2, 0) is 0 Å². The van der Waals surface area contributed by atoms with Crippen molar-refractivity contribution in [2.24, 2.45) is 5.14 Å². The molecule has 1 aromatic heterocycles. The Bertz CT molecular complexity index is 201. The van der Waals surface area contributed by atoms with Crippen molar-refractivity contribution < 1.29 is 0 Å². The normalized spacial score (nSPS) is 9.56. The van der Waals surface area contributed by atoms with Gasteiger partial charge in [0, 0.05) is 11.9 Å². The van der Waals surface area contributed by atoms with Crippen LogP contribution < -0.4 is 5.14 Å². The van der Waals surface area contributed by atoms with Gasteiger partial charge in [-0.3, -0.25) is 5.14 Å². The summed E-state index contributed by atoms with van der Waals surface area (Å²) in [6.45, 7) is 1.90. The van der Waals surface area contributed by atoms with Crippen LogP contribution in [0.15, 0.2) is 17.4 Å². The Hall–Kier alpha value is -0.610. The quantitative estimate of drug-likeness (QED) is 0.463. The van der Waals surface area contributed by atoms with Crippen LogP contribution in [0.3, 0.4) is 0 Å². The van der Waals surface area contributed by atoms with Crippen molar-refractivity contribution in [1.29, 1.82) is 0 Å². The fourth-order valence-electron chi connectivity index (χ4n) is 0.483. The average molecular weight is 141 g/mol. The third kappa shape index (κ3) is 1.65. The molecule has 0 radical (unpaired) electrons. The molecular formula is C5H7N3S. The molecule has 0 spiro atoms. The van der Waals surface area contributed by atoms with Crippen LogP contribution in [0, 0.1) is 6.92 Å². The van der Waals surface area contributed by atoms with Gasteiger partial charge < -0.3 is 0 Å². The molecule has 3 nitrogen and oxygen atoms in total. The van der Waals surface area contributed by atoms with Gasteiger partial charge in [-0.15, -0.1) is 0 Å². The van der Waals surface area contributed by atoms with Crippen molar-refractivity contribution in [3.8, 4) is 0 Å². The molecule has 0 saturated heterocycles. The predicted molar refractivity (Wildman–Crippen MR) is 36.8 cm³/mol. The first kappa shape index (κ1) is 6.51. The molecule has 1 aromatic rings. The second kappa shape index (κ2) is 2.80. The van der Waals surface area contributed by atoms with E-state index in [0.717, 1.165) is 17.6 Å². The molecule has 48 valence electrons. The first-order chi connectivity index (χ1) is 4.33. The van der Waals surface area contributed by atoms with Crippen molar-refractivity contribution in [2.75, 3.05) is 0 Å². The molecule has 0 unspecified atom stereocenters. The van der Waals surface area contributed by atoms with Crippen LogP contribution in [0.2, 0.25) is 0 Å². The summed E-state index contributed by atoms with van der Waals surface area (Å²) < 4.78 is 0. The van der Waals surface area contributed by atoms with Gasteiger partial charge >= 0.3 is 0 Å². The molecule has 0 aliphatic carbocycles. The highest BCUT2D eigenvalue weighted by atomic mass is 32.2. The Balaban J connectivity index is 2.94. The Morgan fingerprint density at radius 1 is 1.67 bits per heavy atom. The Kier molecular flexibility index (Phi) is 2.02. The molecule has 0 amide bonds. The number of rotatable bonds is 1. The van der Waals surface area contributed by atoms with Gasteiger partial charge in [0.05, 0.1) is 0 Å². The molecular weight excluding hydrogens is 134 g/mol. The number of hydrogen-bond donors (Lipinski definition) is 1. The van der Waals surface area contributed by atoms with Crippen molar-refractivity contribution in [3.05, 3.63) is 18.0 Å². The van der Waals surface area contributed by atoms with Crippen LogP contribution in [0.4, 0.5) is 0 Å². The fourth-order valence-corrected chi connectivity index (χ4v) is 0.801. The van der Waals surface area contributed by atoms with Gasteiger partial charge in [0.15, 0.2) is 0 Å². The minimum Gasteiger partial charge on any atom is -0.271 e. The second-order valence-corrected chi connectivity index (χ2v) is 2.20. The molecule has 4 heteroatoms. The van der Waals surface area contributed by atoms with E-state index in [0.29, 0.717) is 5.16 Å². The summed E-state index contributed by atoms with van der Waals surface area (Å²) in [4.78, 5) is 7.90. The van der Waals surface area contributed by atoms with E-state index in [1.54, 1.807) is 6.20 Å². The molecule has 0 aliphatic heterocycles. The number of hydrogen-bond acceptors (Lipinski definition) is 4. The molecule has 9 heavy (non-hydrogen) atoms. The van der Waals surface area contributed by atoms with Gasteiger partial charge in [-0.25, -0.2) is 9.97 Å². The summed E-state index contributed by atoms with van der Waals surface area (Å²) in [5.41, 5.74) is 0.943. The zero-order valence-electron chi connectivity index (χ0n) is 5.03. The summed E-state index contributed by atoms with van der Waals surface area (Å²) in [7, 11) is 0. The summed E-state index contributed by atoms with van der Waals surface area (Å²) in [6, 6.07) is 1.83. The molecule has 1 heterocycles. The molecule has 0 fully saturated rings. The molecule has 1 rings (SSSR count). The van der Waals surface area contributed by atoms with Crippen LogP contribution in [0.1, 0.15) is 5.69 Å². The SMILES string of the molecule is Cc1ccnc(SN)n1. The van der Waals surface area contributed by atoms with E-state index in [2.05, 4.69) is 9.97 Å². The van der Waals surface area contributed by atoms with Crippen molar-refractivity contribution in [2.45, 2.75) is 12.1 Å². The van der Waals surface area contributed by atoms with Gasteiger partial charge in [-0.1, -0.05) is 0 Å². The monoisotopic (exact) mass is 141 g/mol. The zero-order chi connectivity index (χ0) is 6.69. The highest BCUT2D eigenvalue weighted by molar-refractivity contribution is 7.96. The molecule has 0 bridgehead atoms. The fraction of sp³-hybridized carbons (Fsp3) is 0.200. The molecule has 0 aliphatic rings. The highest BCUT2D eigenvalue weighted by Crippen LogP contribution is 2.02. The lowest BCUT2D eigenvalue weighted by molar-refractivity contribution is 0.933. The third-order valence-electron chi connectivity index (χ3n) is 0.878. The highest BCUT2D eigenvalue weighted by Gasteiger charge is 1.90. The molecule has 0 saturated carbocycles. The number of aryl methyl sites for hydroxylation is 1. The number of nitrogens with two attached hydrogens (primary N) is 1. The zero-order valence-corrected chi connectivity index (χ0v) is 5.85. The topological polar surface area (TPSA) is 51.8 Å². The Morgan fingerprint density at radius 2 is 2.44 bits per heavy atom. The van der Waals surface area contributed by atoms with Crippen molar-refractivity contribution >= 4 is 11.9 Å². The van der Waals surface area contributed by atoms with Gasteiger partial charge in [0.25, 0.3) is 0 Å². The maximum atomic E-state index is 5.21. The third-order valence-corrected chi connectivity index (χ3v) is 1.29. The first-order valence-corrected chi connectivity index (χ1v) is 3.37. The van der Waals surface area contributed by atoms with E-state index in [1.807, 2.05) is 13.0 Å². The van der Waals surface area contributed by atoms with Crippen LogP contribution in [-0.4, -0.2) is 9.97 Å². The Labute approximate surface area is 57.8 Å². The number of nitrogens with zero attached hydrogens (tertiary/aromatic N) is 2. The standard InChI is InChI=1S/C5H7N3S/c1-4-2-3-7-5(8-4)9-6/h2-3H,6H2,1H3. The lowest BCUT2D eigenvalue weighted by Gasteiger charge is -1.92. The minimum atomic E-state index is 0.620. The first-order valence-electron chi connectivity index (χ1n) is 2.49. The lowest BCUT2D eigenvalue weighted by Crippen LogP contribution is -1.90.